The molecule has 0 amide bonds. The first-order valence-electron chi connectivity index (χ1n) is 9.62. The molecule has 4 nitrogen and oxygen atoms in total. The van der Waals surface area contributed by atoms with E-state index in [-0.39, 0.29) is 11.3 Å². The van der Waals surface area contributed by atoms with Gasteiger partial charge in [0.15, 0.2) is 11.6 Å². The smallest absolute Gasteiger partial charge is 0.454 e. The van der Waals surface area contributed by atoms with Crippen LogP contribution in [0.15, 0.2) is 72.8 Å². The van der Waals surface area contributed by atoms with Gasteiger partial charge in [0.05, 0.1) is 13.2 Å². The highest BCUT2D eigenvalue weighted by molar-refractivity contribution is 5.36. The van der Waals surface area contributed by atoms with Crippen LogP contribution in [0.3, 0.4) is 0 Å². The van der Waals surface area contributed by atoms with E-state index in [1.165, 1.54) is 18.2 Å². The first-order valence-corrected chi connectivity index (χ1v) is 9.62. The Morgan fingerprint density at radius 3 is 1.97 bits per heavy atom. The number of alkyl halides is 6. The zero-order chi connectivity index (χ0) is 25.0. The summed E-state index contributed by atoms with van der Waals surface area (Å²) < 4.78 is 106. The van der Waals surface area contributed by atoms with Crippen molar-refractivity contribution in [2.75, 3.05) is 6.61 Å². The third kappa shape index (κ3) is 6.17. The van der Waals surface area contributed by atoms with Crippen molar-refractivity contribution in [3.05, 3.63) is 89.7 Å². The quantitative estimate of drug-likeness (QED) is 0.367. The van der Waals surface area contributed by atoms with Crippen LogP contribution in [0.25, 0.3) is 0 Å². The highest BCUT2D eigenvalue weighted by Gasteiger charge is 2.55. The van der Waals surface area contributed by atoms with Gasteiger partial charge in [0.1, 0.15) is 11.5 Å². The van der Waals surface area contributed by atoms with Crippen molar-refractivity contribution < 1.29 is 50.1 Å². The Morgan fingerprint density at radius 2 is 1.38 bits per heavy atom. The molecule has 182 valence electrons. The Kier molecular flexibility index (Phi) is 7.37. The fourth-order valence-electron chi connectivity index (χ4n) is 2.93. The van der Waals surface area contributed by atoms with Crippen LogP contribution in [0.5, 0.6) is 17.2 Å². The Bertz CT molecular complexity index is 1080. The van der Waals surface area contributed by atoms with Gasteiger partial charge in [0.2, 0.25) is 5.60 Å². The molecule has 0 bridgehead atoms. The summed E-state index contributed by atoms with van der Waals surface area (Å²) in [5.74, 6) is -1.47. The van der Waals surface area contributed by atoms with Gasteiger partial charge in [-0.25, -0.2) is 4.39 Å². The second-order valence-corrected chi connectivity index (χ2v) is 7.07. The Balaban J connectivity index is 1.73. The van der Waals surface area contributed by atoms with E-state index >= 15 is 0 Å². The van der Waals surface area contributed by atoms with E-state index in [0.29, 0.717) is 30.0 Å². The van der Waals surface area contributed by atoms with Gasteiger partial charge < -0.3 is 19.3 Å². The van der Waals surface area contributed by atoms with Gasteiger partial charge in [0.25, 0.3) is 0 Å². The van der Waals surface area contributed by atoms with E-state index in [4.69, 9.17) is 9.47 Å². The molecule has 0 saturated heterocycles. The maximum Gasteiger partial charge on any atom is 0.573 e. The van der Waals surface area contributed by atoms with Crippen molar-refractivity contribution in [3.63, 3.8) is 0 Å². The lowest BCUT2D eigenvalue weighted by molar-refractivity contribution is -0.283. The maximum atomic E-state index is 14.7. The number of rotatable bonds is 8. The van der Waals surface area contributed by atoms with Crippen LogP contribution in [0.2, 0.25) is 0 Å². The Morgan fingerprint density at radius 1 is 0.735 bits per heavy atom. The summed E-state index contributed by atoms with van der Waals surface area (Å²) >= 11 is 0. The van der Waals surface area contributed by atoms with Crippen molar-refractivity contribution >= 4 is 0 Å². The summed E-state index contributed by atoms with van der Waals surface area (Å²) in [4.78, 5) is 0. The van der Waals surface area contributed by atoms with Crippen molar-refractivity contribution in [1.82, 2.24) is 0 Å². The summed E-state index contributed by atoms with van der Waals surface area (Å²) in [6.07, 6.45) is -10.3. The number of halogens is 7. The second-order valence-electron chi connectivity index (χ2n) is 7.07. The largest absolute Gasteiger partial charge is 0.573 e. The predicted molar refractivity (Wildman–Crippen MR) is 106 cm³/mol. The average molecular weight is 490 g/mol. The highest BCUT2D eigenvalue weighted by Crippen LogP contribution is 2.40. The van der Waals surface area contributed by atoms with Crippen LogP contribution in [0, 0.1) is 5.82 Å². The molecule has 0 aromatic heterocycles. The lowest BCUT2D eigenvalue weighted by Crippen LogP contribution is -2.46. The van der Waals surface area contributed by atoms with Gasteiger partial charge in [-0.1, -0.05) is 42.5 Å². The van der Waals surface area contributed by atoms with Gasteiger partial charge in [-0.3, -0.25) is 0 Å². The summed E-state index contributed by atoms with van der Waals surface area (Å²) in [6, 6.07) is 14.7. The molecule has 3 aromatic carbocycles. The van der Waals surface area contributed by atoms with Gasteiger partial charge >= 0.3 is 12.5 Å². The van der Waals surface area contributed by atoms with Crippen LogP contribution in [0.4, 0.5) is 30.7 Å². The zero-order valence-electron chi connectivity index (χ0n) is 17.2. The number of benzene rings is 3. The lowest BCUT2D eigenvalue weighted by atomic mass is 9.94. The SMILES string of the molecule is OC(COCc1cccc(Oc2ccccc2)c1F)(c1ccc(OC(F)(F)F)cc1)C(F)(F)F. The third-order valence-electron chi connectivity index (χ3n) is 4.62. The number of aliphatic hydroxyl groups is 1. The molecule has 0 saturated carbocycles. The first kappa shape index (κ1) is 25.3. The van der Waals surface area contributed by atoms with E-state index in [0.717, 1.165) is 0 Å². The van der Waals surface area contributed by atoms with Gasteiger partial charge in [0, 0.05) is 5.56 Å². The van der Waals surface area contributed by atoms with Crippen LogP contribution < -0.4 is 9.47 Å². The van der Waals surface area contributed by atoms with E-state index < -0.39 is 48.5 Å². The molecular weight excluding hydrogens is 473 g/mol. The minimum atomic E-state index is -5.25. The molecule has 1 atom stereocenters. The van der Waals surface area contributed by atoms with Crippen molar-refractivity contribution in [3.8, 4) is 17.2 Å². The average Bonchev–Trinajstić information content (AvgIpc) is 2.75. The minimum absolute atomic E-state index is 0.133. The van der Waals surface area contributed by atoms with Crippen LogP contribution in [-0.4, -0.2) is 24.3 Å². The fraction of sp³-hybridized carbons (Fsp3) is 0.217. The minimum Gasteiger partial charge on any atom is -0.454 e. The van der Waals surface area contributed by atoms with Crippen LogP contribution in [-0.2, 0) is 16.9 Å². The number of hydrogen-bond acceptors (Lipinski definition) is 4. The van der Waals surface area contributed by atoms with Gasteiger partial charge in [-0.05, 0) is 35.9 Å². The molecule has 0 radical (unpaired) electrons. The topological polar surface area (TPSA) is 47.9 Å². The van der Waals surface area contributed by atoms with Gasteiger partial charge in [-0.15, -0.1) is 13.2 Å². The van der Waals surface area contributed by atoms with Crippen molar-refractivity contribution in [2.24, 2.45) is 0 Å². The summed E-state index contributed by atoms with van der Waals surface area (Å²) in [7, 11) is 0. The molecule has 1 N–H and O–H groups in total. The maximum absolute atomic E-state index is 14.7. The normalized spacial score (nSPS) is 13.9. The molecule has 0 aliphatic rings. The van der Waals surface area contributed by atoms with Gasteiger partial charge in [-0.2, -0.15) is 13.2 Å². The van der Waals surface area contributed by atoms with E-state index in [1.807, 2.05) is 0 Å². The van der Waals surface area contributed by atoms with E-state index in [2.05, 4.69) is 4.74 Å². The van der Waals surface area contributed by atoms with Crippen molar-refractivity contribution in [1.29, 1.82) is 0 Å². The van der Waals surface area contributed by atoms with Crippen LogP contribution >= 0.6 is 0 Å². The standard InChI is InChI=1S/C23H17F7O4/c24-20-15(5-4-8-19(20)33-17-6-2-1-3-7-17)13-32-14-21(31,22(25,26)27)16-9-11-18(12-10-16)34-23(28,29)30/h1-12,31H,13-14H2. The van der Waals surface area contributed by atoms with Crippen LogP contribution in [0.1, 0.15) is 11.1 Å². The van der Waals surface area contributed by atoms with Crippen molar-refractivity contribution in [2.45, 2.75) is 24.7 Å². The zero-order valence-corrected chi connectivity index (χ0v) is 17.2. The summed E-state index contributed by atoms with van der Waals surface area (Å²) in [5, 5.41) is 10.3. The summed E-state index contributed by atoms with van der Waals surface area (Å²) in [5.41, 5.74) is -4.48. The molecule has 0 heterocycles. The molecule has 3 aromatic rings. The highest BCUT2D eigenvalue weighted by atomic mass is 19.4. The van der Waals surface area contributed by atoms with E-state index in [1.54, 1.807) is 30.3 Å². The molecule has 0 spiro atoms. The molecular formula is C23H17F7O4. The molecule has 1 unspecified atom stereocenters. The number of ether oxygens (including phenoxy) is 3. The molecule has 3 rings (SSSR count). The number of para-hydroxylation sites is 1. The third-order valence-corrected chi connectivity index (χ3v) is 4.62. The van der Waals surface area contributed by atoms with E-state index in [9.17, 15) is 35.8 Å². The monoisotopic (exact) mass is 490 g/mol. The molecule has 0 aliphatic carbocycles. The first-order chi connectivity index (χ1) is 15.9. The second kappa shape index (κ2) is 9.90. The summed E-state index contributed by atoms with van der Waals surface area (Å²) in [6.45, 7) is -2.00. The Hall–Kier alpha value is -3.31. The number of hydrogen-bond donors (Lipinski definition) is 1. The molecule has 0 fully saturated rings. The lowest BCUT2D eigenvalue weighted by Gasteiger charge is -2.31. The molecule has 0 aliphatic heterocycles. The fourth-order valence-corrected chi connectivity index (χ4v) is 2.93. The molecule has 11 heteroatoms. The Labute approximate surface area is 189 Å². The predicted octanol–water partition coefficient (Wildman–Crippen LogP) is 6.48. The molecule has 34 heavy (non-hydrogen) atoms.